The Kier molecular flexibility index (Phi) is 4.27. The average molecular weight is 341 g/mol. The molecule has 0 unspecified atom stereocenters. The van der Waals surface area contributed by atoms with E-state index >= 15 is 0 Å². The topological polar surface area (TPSA) is 64.6 Å². The molecule has 0 aromatic heterocycles. The second kappa shape index (κ2) is 6.39. The molecule has 0 spiro atoms. The molecule has 5 nitrogen and oxygen atoms in total. The van der Waals surface area contributed by atoms with Crippen molar-refractivity contribution in [1.82, 2.24) is 0 Å². The van der Waals surface area contributed by atoms with Crippen LogP contribution < -0.4 is 5.32 Å². The molecule has 1 saturated heterocycles. The Hall–Kier alpha value is -3.15. The van der Waals surface area contributed by atoms with Crippen LogP contribution in [0.4, 0.5) is 10.1 Å². The van der Waals surface area contributed by atoms with Crippen molar-refractivity contribution in [2.75, 3.05) is 5.32 Å². The van der Waals surface area contributed by atoms with Gasteiger partial charge in [0.15, 0.2) is 5.57 Å². The summed E-state index contributed by atoms with van der Waals surface area (Å²) in [6, 6.07) is 13.4. The average Bonchev–Trinajstić information content (AvgIpc) is 2.53. The minimum absolute atomic E-state index is 0.226. The van der Waals surface area contributed by atoms with E-state index in [0.29, 0.717) is 5.69 Å². The molecule has 1 N–H and O–H groups in total. The van der Waals surface area contributed by atoms with Crippen LogP contribution in [0.3, 0.4) is 0 Å². The fourth-order valence-corrected chi connectivity index (χ4v) is 2.39. The van der Waals surface area contributed by atoms with Gasteiger partial charge in [0.05, 0.1) is 0 Å². The molecule has 3 rings (SSSR count). The fraction of sp³-hybridized carbons (Fsp3) is 0.158. The van der Waals surface area contributed by atoms with Crippen LogP contribution >= 0.6 is 0 Å². The molecule has 0 radical (unpaired) electrons. The van der Waals surface area contributed by atoms with Gasteiger partial charge >= 0.3 is 11.9 Å². The maximum absolute atomic E-state index is 13.4. The zero-order valence-electron chi connectivity index (χ0n) is 13.7. The summed E-state index contributed by atoms with van der Waals surface area (Å²) < 4.78 is 23.4. The number of esters is 2. The van der Waals surface area contributed by atoms with Crippen molar-refractivity contribution in [2.24, 2.45) is 0 Å². The van der Waals surface area contributed by atoms with Crippen LogP contribution in [0.1, 0.15) is 13.8 Å². The number of rotatable bonds is 3. The van der Waals surface area contributed by atoms with E-state index in [4.69, 9.17) is 9.47 Å². The second-order valence-corrected chi connectivity index (χ2v) is 5.97. The van der Waals surface area contributed by atoms with Crippen molar-refractivity contribution in [2.45, 2.75) is 19.6 Å². The van der Waals surface area contributed by atoms with E-state index in [0.717, 1.165) is 11.1 Å². The number of anilines is 1. The zero-order valence-corrected chi connectivity index (χ0v) is 13.7. The smallest absolute Gasteiger partial charge is 0.350 e. The lowest BCUT2D eigenvalue weighted by molar-refractivity contribution is -0.222. The molecule has 128 valence electrons. The number of hydrogen-bond donors (Lipinski definition) is 1. The molecule has 0 amide bonds. The van der Waals surface area contributed by atoms with Gasteiger partial charge in [-0.25, -0.2) is 14.0 Å². The number of carbonyl (C=O) groups is 2. The largest absolute Gasteiger partial charge is 0.419 e. The van der Waals surface area contributed by atoms with E-state index in [1.807, 2.05) is 6.07 Å². The first-order valence-corrected chi connectivity index (χ1v) is 7.63. The Balaban J connectivity index is 1.81. The van der Waals surface area contributed by atoms with Crippen molar-refractivity contribution in [3.63, 3.8) is 0 Å². The van der Waals surface area contributed by atoms with Gasteiger partial charge in [0.2, 0.25) is 0 Å². The predicted octanol–water partition coefficient (Wildman–Crippen LogP) is 3.62. The number of carbonyl (C=O) groups excluding carboxylic acids is 2. The van der Waals surface area contributed by atoms with Gasteiger partial charge in [0, 0.05) is 25.7 Å². The maximum Gasteiger partial charge on any atom is 0.350 e. The minimum Gasteiger partial charge on any atom is -0.419 e. The highest BCUT2D eigenvalue weighted by Crippen LogP contribution is 2.25. The summed E-state index contributed by atoms with van der Waals surface area (Å²) in [7, 11) is 0. The molecule has 0 atom stereocenters. The molecular weight excluding hydrogens is 325 g/mol. The van der Waals surface area contributed by atoms with Crippen LogP contribution in [-0.2, 0) is 19.1 Å². The standard InChI is InChI=1S/C19H16FNO4/c1-19(2)24-17(22)16(18(23)25-19)11-21-15-8-4-6-13(10-15)12-5-3-7-14(20)9-12/h3-11,21H,1-2H3. The first-order valence-electron chi connectivity index (χ1n) is 7.63. The van der Waals surface area contributed by atoms with Crippen LogP contribution in [0.5, 0.6) is 0 Å². The lowest BCUT2D eigenvalue weighted by atomic mass is 10.1. The predicted molar refractivity (Wildman–Crippen MR) is 89.8 cm³/mol. The molecule has 2 aromatic carbocycles. The van der Waals surface area contributed by atoms with Gasteiger partial charge in [0.25, 0.3) is 5.79 Å². The highest BCUT2D eigenvalue weighted by molar-refractivity contribution is 6.15. The Morgan fingerprint density at radius 1 is 0.960 bits per heavy atom. The summed E-state index contributed by atoms with van der Waals surface area (Å²) >= 11 is 0. The number of halogens is 1. The van der Waals surface area contributed by atoms with E-state index in [1.54, 1.807) is 30.3 Å². The molecule has 6 heteroatoms. The van der Waals surface area contributed by atoms with Crippen LogP contribution in [0.15, 0.2) is 60.3 Å². The van der Waals surface area contributed by atoms with E-state index in [-0.39, 0.29) is 11.4 Å². The highest BCUT2D eigenvalue weighted by atomic mass is 19.1. The summed E-state index contributed by atoms with van der Waals surface area (Å²) in [6.07, 6.45) is 1.24. The van der Waals surface area contributed by atoms with E-state index < -0.39 is 17.7 Å². The summed E-state index contributed by atoms with van der Waals surface area (Å²) in [5.41, 5.74) is 1.91. The number of ether oxygens (including phenoxy) is 2. The third-order valence-electron chi connectivity index (χ3n) is 3.52. The van der Waals surface area contributed by atoms with Crippen molar-refractivity contribution >= 4 is 17.6 Å². The highest BCUT2D eigenvalue weighted by Gasteiger charge is 2.38. The second-order valence-electron chi connectivity index (χ2n) is 5.97. The van der Waals surface area contributed by atoms with Crippen LogP contribution in [0, 0.1) is 5.82 Å². The molecule has 0 aliphatic carbocycles. The van der Waals surface area contributed by atoms with Gasteiger partial charge in [-0.05, 0) is 35.4 Å². The van der Waals surface area contributed by atoms with E-state index in [1.165, 1.54) is 32.2 Å². The van der Waals surface area contributed by atoms with Gasteiger partial charge in [0.1, 0.15) is 5.82 Å². The Labute approximate surface area is 144 Å². The van der Waals surface area contributed by atoms with Crippen LogP contribution in [0.2, 0.25) is 0 Å². The monoisotopic (exact) mass is 341 g/mol. The van der Waals surface area contributed by atoms with Crippen molar-refractivity contribution in [1.29, 1.82) is 0 Å². The van der Waals surface area contributed by atoms with Crippen molar-refractivity contribution < 1.29 is 23.5 Å². The Morgan fingerprint density at radius 2 is 1.56 bits per heavy atom. The number of nitrogens with one attached hydrogen (secondary N) is 1. The van der Waals surface area contributed by atoms with Gasteiger partial charge in [-0.3, -0.25) is 0 Å². The molecule has 1 fully saturated rings. The normalized spacial score (nSPS) is 16.0. The lowest BCUT2D eigenvalue weighted by Crippen LogP contribution is -2.42. The zero-order chi connectivity index (χ0) is 18.0. The Bertz CT molecular complexity index is 851. The fourth-order valence-electron chi connectivity index (χ4n) is 2.39. The van der Waals surface area contributed by atoms with Gasteiger partial charge in [-0.15, -0.1) is 0 Å². The van der Waals surface area contributed by atoms with Gasteiger partial charge in [-0.1, -0.05) is 24.3 Å². The molecule has 1 aliphatic heterocycles. The number of hydrogen-bond acceptors (Lipinski definition) is 5. The summed E-state index contributed by atoms with van der Waals surface area (Å²) in [5, 5.41) is 2.87. The number of cyclic esters (lactones) is 2. The van der Waals surface area contributed by atoms with Gasteiger partial charge in [-0.2, -0.15) is 0 Å². The summed E-state index contributed by atoms with van der Waals surface area (Å²) in [6.45, 7) is 2.96. The molecule has 0 saturated carbocycles. The summed E-state index contributed by atoms with van der Waals surface area (Å²) in [4.78, 5) is 23.8. The van der Waals surface area contributed by atoms with E-state index in [9.17, 15) is 14.0 Å². The molecule has 0 bridgehead atoms. The SMILES string of the molecule is CC1(C)OC(=O)C(=CNc2cccc(-c3cccc(F)c3)c2)C(=O)O1. The molecule has 1 aliphatic rings. The summed E-state index contributed by atoms with van der Waals surface area (Å²) in [5.74, 6) is -3.11. The third kappa shape index (κ3) is 3.85. The quantitative estimate of drug-likeness (QED) is 0.525. The Morgan fingerprint density at radius 3 is 2.20 bits per heavy atom. The van der Waals surface area contributed by atoms with Crippen LogP contribution in [0.25, 0.3) is 11.1 Å². The third-order valence-corrected chi connectivity index (χ3v) is 3.52. The van der Waals surface area contributed by atoms with Crippen LogP contribution in [-0.4, -0.2) is 17.7 Å². The lowest BCUT2D eigenvalue weighted by Gasteiger charge is -2.29. The van der Waals surface area contributed by atoms with E-state index in [2.05, 4.69) is 5.32 Å². The molecule has 1 heterocycles. The van der Waals surface area contributed by atoms with Crippen molar-refractivity contribution in [3.05, 3.63) is 66.1 Å². The molecule has 2 aromatic rings. The maximum atomic E-state index is 13.4. The first-order chi connectivity index (χ1) is 11.8. The minimum atomic E-state index is -1.27. The molecule has 25 heavy (non-hydrogen) atoms. The first kappa shape index (κ1) is 16.7. The van der Waals surface area contributed by atoms with Crippen molar-refractivity contribution in [3.8, 4) is 11.1 Å². The number of benzene rings is 2. The molecular formula is C19H16FNO4. The van der Waals surface area contributed by atoms with Gasteiger partial charge < -0.3 is 14.8 Å².